The number of ether oxygens (including phenoxy) is 1. The largest absolute Gasteiger partial charge is 0.573 e. The van der Waals surface area contributed by atoms with Crippen LogP contribution >= 0.6 is 0 Å². The molecule has 100 valence electrons. The first-order valence-corrected chi connectivity index (χ1v) is 5.75. The summed E-state index contributed by atoms with van der Waals surface area (Å²) < 4.78 is 39.7. The molecule has 1 aromatic carbocycles. The zero-order valence-corrected chi connectivity index (χ0v) is 9.78. The standard InChI is InChI=1S/C12H15F3N2O/c13-12(14,15)18-11-3-1-9(2-4-11)7-17-6-5-10(16)8-17/h1-4,10H,5-8,16H2. The van der Waals surface area contributed by atoms with Gasteiger partial charge in [-0.05, 0) is 24.1 Å². The second kappa shape index (κ2) is 5.16. The molecule has 1 aromatic rings. The maximum Gasteiger partial charge on any atom is 0.573 e. The molecule has 0 radical (unpaired) electrons. The van der Waals surface area contributed by atoms with Crippen molar-refractivity contribution in [2.24, 2.45) is 5.73 Å². The first-order chi connectivity index (χ1) is 8.42. The summed E-state index contributed by atoms with van der Waals surface area (Å²) in [5, 5.41) is 0. The number of alkyl halides is 3. The van der Waals surface area contributed by atoms with Gasteiger partial charge in [-0.2, -0.15) is 0 Å². The lowest BCUT2D eigenvalue weighted by Gasteiger charge is -2.15. The van der Waals surface area contributed by atoms with Crippen molar-refractivity contribution in [2.45, 2.75) is 25.4 Å². The van der Waals surface area contributed by atoms with Crippen LogP contribution in [0.5, 0.6) is 5.75 Å². The fraction of sp³-hybridized carbons (Fsp3) is 0.500. The maximum atomic E-state index is 12.0. The highest BCUT2D eigenvalue weighted by Crippen LogP contribution is 2.23. The Balaban J connectivity index is 1.91. The summed E-state index contributed by atoms with van der Waals surface area (Å²) in [6, 6.07) is 6.16. The fourth-order valence-electron chi connectivity index (χ4n) is 2.06. The van der Waals surface area contributed by atoms with Crippen molar-refractivity contribution in [3.8, 4) is 5.75 Å². The minimum Gasteiger partial charge on any atom is -0.406 e. The van der Waals surface area contributed by atoms with Crippen molar-refractivity contribution in [3.63, 3.8) is 0 Å². The molecule has 1 fully saturated rings. The summed E-state index contributed by atoms with van der Waals surface area (Å²) in [6.45, 7) is 2.47. The number of hydrogen-bond donors (Lipinski definition) is 1. The molecule has 0 aromatic heterocycles. The van der Waals surface area contributed by atoms with Crippen LogP contribution in [0.25, 0.3) is 0 Å². The highest BCUT2D eigenvalue weighted by atomic mass is 19.4. The smallest absolute Gasteiger partial charge is 0.406 e. The minimum atomic E-state index is -4.64. The molecule has 1 heterocycles. The Bertz CT molecular complexity index is 391. The van der Waals surface area contributed by atoms with Crippen molar-refractivity contribution in [3.05, 3.63) is 29.8 Å². The molecule has 1 saturated heterocycles. The Kier molecular flexibility index (Phi) is 3.77. The number of nitrogens with two attached hydrogens (primary N) is 1. The lowest BCUT2D eigenvalue weighted by atomic mass is 10.2. The molecule has 1 aliphatic heterocycles. The van der Waals surface area contributed by atoms with Gasteiger partial charge in [0.05, 0.1) is 0 Å². The second-order valence-corrected chi connectivity index (χ2v) is 4.48. The van der Waals surface area contributed by atoms with Crippen LogP contribution in [-0.2, 0) is 6.54 Å². The van der Waals surface area contributed by atoms with E-state index in [1.165, 1.54) is 12.1 Å². The summed E-state index contributed by atoms with van der Waals surface area (Å²) >= 11 is 0. The summed E-state index contributed by atoms with van der Waals surface area (Å²) in [4.78, 5) is 2.18. The Morgan fingerprint density at radius 3 is 2.44 bits per heavy atom. The van der Waals surface area contributed by atoms with Gasteiger partial charge in [-0.25, -0.2) is 0 Å². The molecule has 0 amide bonds. The van der Waals surface area contributed by atoms with Gasteiger partial charge in [0.2, 0.25) is 0 Å². The van der Waals surface area contributed by atoms with Crippen LogP contribution < -0.4 is 10.5 Å². The van der Waals surface area contributed by atoms with Gasteiger partial charge in [0.1, 0.15) is 5.75 Å². The minimum absolute atomic E-state index is 0.190. The molecular weight excluding hydrogens is 245 g/mol. The lowest BCUT2D eigenvalue weighted by molar-refractivity contribution is -0.274. The van der Waals surface area contributed by atoms with Crippen LogP contribution in [-0.4, -0.2) is 30.4 Å². The average molecular weight is 260 g/mol. The summed E-state index contributed by atoms with van der Waals surface area (Å²) in [7, 11) is 0. The quantitative estimate of drug-likeness (QED) is 0.904. The molecule has 1 atom stereocenters. The van der Waals surface area contributed by atoms with E-state index < -0.39 is 6.36 Å². The lowest BCUT2D eigenvalue weighted by Crippen LogP contribution is -2.26. The molecule has 3 nitrogen and oxygen atoms in total. The third-order valence-corrected chi connectivity index (χ3v) is 2.87. The van der Waals surface area contributed by atoms with E-state index in [-0.39, 0.29) is 11.8 Å². The van der Waals surface area contributed by atoms with E-state index in [0.717, 1.165) is 25.1 Å². The Labute approximate surface area is 103 Å². The van der Waals surface area contributed by atoms with Gasteiger partial charge in [-0.15, -0.1) is 13.2 Å². The van der Waals surface area contributed by atoms with Gasteiger partial charge in [0.25, 0.3) is 0 Å². The predicted octanol–water partition coefficient (Wildman–Crippen LogP) is 2.12. The molecule has 1 unspecified atom stereocenters. The molecule has 0 bridgehead atoms. The van der Waals surface area contributed by atoms with Crippen LogP contribution in [0.1, 0.15) is 12.0 Å². The Hall–Kier alpha value is -1.27. The summed E-state index contributed by atoms with van der Waals surface area (Å²) in [5.41, 5.74) is 6.74. The second-order valence-electron chi connectivity index (χ2n) is 4.48. The van der Waals surface area contributed by atoms with Crippen LogP contribution in [0.2, 0.25) is 0 Å². The molecule has 0 spiro atoms. The number of hydrogen-bond acceptors (Lipinski definition) is 3. The molecule has 2 rings (SSSR count). The van der Waals surface area contributed by atoms with Crippen molar-refractivity contribution >= 4 is 0 Å². The Morgan fingerprint density at radius 2 is 1.94 bits per heavy atom. The number of nitrogens with zero attached hydrogens (tertiary/aromatic N) is 1. The third kappa shape index (κ3) is 3.89. The van der Waals surface area contributed by atoms with E-state index in [0.29, 0.717) is 6.54 Å². The molecule has 0 aliphatic carbocycles. The molecule has 18 heavy (non-hydrogen) atoms. The summed E-state index contributed by atoms with van der Waals surface area (Å²) in [6.07, 6.45) is -3.67. The van der Waals surface area contributed by atoms with Gasteiger partial charge >= 0.3 is 6.36 Å². The third-order valence-electron chi connectivity index (χ3n) is 2.87. The zero-order chi connectivity index (χ0) is 13.2. The van der Waals surface area contributed by atoms with Crippen LogP contribution in [0.3, 0.4) is 0 Å². The average Bonchev–Trinajstić information content (AvgIpc) is 2.65. The fourth-order valence-corrected chi connectivity index (χ4v) is 2.06. The maximum absolute atomic E-state index is 12.0. The summed E-state index contributed by atoms with van der Waals surface area (Å²) in [5.74, 6) is -0.190. The number of rotatable bonds is 3. The number of halogens is 3. The van der Waals surface area contributed by atoms with Crippen LogP contribution in [0.15, 0.2) is 24.3 Å². The molecule has 1 aliphatic rings. The van der Waals surface area contributed by atoms with Crippen molar-refractivity contribution in [1.82, 2.24) is 4.90 Å². The topological polar surface area (TPSA) is 38.5 Å². The highest BCUT2D eigenvalue weighted by molar-refractivity contribution is 5.27. The van der Waals surface area contributed by atoms with Crippen molar-refractivity contribution in [2.75, 3.05) is 13.1 Å². The van der Waals surface area contributed by atoms with Crippen LogP contribution in [0, 0.1) is 0 Å². The van der Waals surface area contributed by atoms with E-state index in [1.807, 2.05) is 0 Å². The van der Waals surface area contributed by atoms with Gasteiger partial charge in [-0.3, -0.25) is 4.90 Å². The molecule has 0 saturated carbocycles. The van der Waals surface area contributed by atoms with E-state index >= 15 is 0 Å². The van der Waals surface area contributed by atoms with Crippen molar-refractivity contribution in [1.29, 1.82) is 0 Å². The predicted molar refractivity (Wildman–Crippen MR) is 61.0 cm³/mol. The highest BCUT2D eigenvalue weighted by Gasteiger charge is 2.31. The Morgan fingerprint density at radius 1 is 1.28 bits per heavy atom. The van der Waals surface area contributed by atoms with Gasteiger partial charge < -0.3 is 10.5 Å². The first kappa shape index (κ1) is 13.2. The van der Waals surface area contributed by atoms with E-state index in [1.54, 1.807) is 12.1 Å². The van der Waals surface area contributed by atoms with E-state index in [4.69, 9.17) is 5.73 Å². The first-order valence-electron chi connectivity index (χ1n) is 5.75. The van der Waals surface area contributed by atoms with Gasteiger partial charge in [0, 0.05) is 25.7 Å². The number of likely N-dealkylation sites (tertiary alicyclic amines) is 1. The number of benzene rings is 1. The normalized spacial score (nSPS) is 21.2. The van der Waals surface area contributed by atoms with Crippen LogP contribution in [0.4, 0.5) is 13.2 Å². The molecular formula is C12H15F3N2O. The van der Waals surface area contributed by atoms with Gasteiger partial charge in [-0.1, -0.05) is 12.1 Å². The molecule has 2 N–H and O–H groups in total. The van der Waals surface area contributed by atoms with E-state index in [2.05, 4.69) is 9.64 Å². The van der Waals surface area contributed by atoms with E-state index in [9.17, 15) is 13.2 Å². The van der Waals surface area contributed by atoms with Crippen molar-refractivity contribution < 1.29 is 17.9 Å². The molecule has 6 heteroatoms. The monoisotopic (exact) mass is 260 g/mol. The zero-order valence-electron chi connectivity index (χ0n) is 9.78. The van der Waals surface area contributed by atoms with Gasteiger partial charge in [0.15, 0.2) is 0 Å². The SMILES string of the molecule is NC1CCN(Cc2ccc(OC(F)(F)F)cc2)C1.